The highest BCUT2D eigenvalue weighted by Gasteiger charge is 2.16. The van der Waals surface area contributed by atoms with Gasteiger partial charge in [0.1, 0.15) is 24.3 Å². The Morgan fingerprint density at radius 1 is 1.17 bits per heavy atom. The first-order valence-electron chi connectivity index (χ1n) is 7.70. The lowest BCUT2D eigenvalue weighted by atomic mass is 10.2. The summed E-state index contributed by atoms with van der Waals surface area (Å²) in [6.07, 6.45) is 0.0550. The van der Waals surface area contributed by atoms with E-state index >= 15 is 0 Å². The highest BCUT2D eigenvalue weighted by molar-refractivity contribution is 6.30. The van der Waals surface area contributed by atoms with Gasteiger partial charge in [0.25, 0.3) is 0 Å². The molecule has 1 heterocycles. The minimum absolute atomic E-state index is 0.491. The summed E-state index contributed by atoms with van der Waals surface area (Å²) in [5.41, 5.74) is 1.90. The summed E-state index contributed by atoms with van der Waals surface area (Å²) in [4.78, 5) is 4.56. The van der Waals surface area contributed by atoms with Crippen molar-refractivity contribution in [3.8, 4) is 5.75 Å². The largest absolute Gasteiger partial charge is 0.492 e. The Bertz CT molecular complexity index is 783. The van der Waals surface area contributed by atoms with Crippen LogP contribution in [0.15, 0.2) is 48.5 Å². The zero-order valence-electron chi connectivity index (χ0n) is 12.9. The summed E-state index contributed by atoms with van der Waals surface area (Å²) >= 11 is 5.87. The number of nitrogens with zero attached hydrogens (tertiary/aromatic N) is 2. The van der Waals surface area contributed by atoms with Crippen molar-refractivity contribution in [3.05, 3.63) is 59.4 Å². The number of fused-ring (bicyclic) bond motifs is 1. The molecule has 3 rings (SSSR count). The second kappa shape index (κ2) is 7.02. The first-order chi connectivity index (χ1) is 11.2. The molecule has 3 aromatic rings. The zero-order chi connectivity index (χ0) is 16.2. The van der Waals surface area contributed by atoms with E-state index in [1.807, 2.05) is 47.9 Å². The molecule has 0 bridgehead atoms. The first-order valence-corrected chi connectivity index (χ1v) is 8.08. The highest BCUT2D eigenvalue weighted by Crippen LogP contribution is 2.23. The van der Waals surface area contributed by atoms with Crippen molar-refractivity contribution in [2.24, 2.45) is 0 Å². The molecule has 0 aliphatic carbocycles. The van der Waals surface area contributed by atoms with E-state index in [1.165, 1.54) is 0 Å². The fourth-order valence-corrected chi connectivity index (χ4v) is 2.68. The molecule has 0 amide bonds. The van der Waals surface area contributed by atoms with Crippen LogP contribution in [-0.4, -0.2) is 21.3 Å². The highest BCUT2D eigenvalue weighted by atomic mass is 35.5. The van der Waals surface area contributed by atoms with Crippen molar-refractivity contribution in [2.45, 2.75) is 26.0 Å². The van der Waals surface area contributed by atoms with Crippen molar-refractivity contribution >= 4 is 22.6 Å². The maximum Gasteiger partial charge on any atom is 0.138 e. The Labute approximate surface area is 140 Å². The maximum absolute atomic E-state index is 10.2. The number of ether oxygens (including phenoxy) is 1. The molecule has 0 radical (unpaired) electrons. The van der Waals surface area contributed by atoms with E-state index in [0.717, 1.165) is 16.8 Å². The SMILES string of the molecule is CCC(O)c1nc2ccccc2n1CCOc1ccc(Cl)cc1. The number of hydrogen-bond acceptors (Lipinski definition) is 3. The summed E-state index contributed by atoms with van der Waals surface area (Å²) in [6.45, 7) is 3.06. The second-order valence-corrected chi connectivity index (χ2v) is 5.77. The Morgan fingerprint density at radius 2 is 1.91 bits per heavy atom. The van der Waals surface area contributed by atoms with Gasteiger partial charge in [0.15, 0.2) is 0 Å². The molecular formula is C18H19ClN2O2. The third-order valence-corrected chi connectivity index (χ3v) is 4.02. The molecule has 120 valence electrons. The fraction of sp³-hybridized carbons (Fsp3) is 0.278. The summed E-state index contributed by atoms with van der Waals surface area (Å²) in [5, 5.41) is 10.9. The fourth-order valence-electron chi connectivity index (χ4n) is 2.55. The number of aliphatic hydroxyl groups excluding tert-OH is 1. The number of aliphatic hydroxyl groups is 1. The van der Waals surface area contributed by atoms with Crippen LogP contribution in [0.5, 0.6) is 5.75 Å². The Morgan fingerprint density at radius 3 is 2.65 bits per heavy atom. The second-order valence-electron chi connectivity index (χ2n) is 5.34. The van der Waals surface area contributed by atoms with E-state index in [9.17, 15) is 5.11 Å². The number of benzene rings is 2. The van der Waals surface area contributed by atoms with Crippen molar-refractivity contribution in [1.82, 2.24) is 9.55 Å². The Hall–Kier alpha value is -2.04. The molecule has 0 spiro atoms. The third kappa shape index (κ3) is 3.49. The molecule has 1 N–H and O–H groups in total. The average Bonchev–Trinajstić information content (AvgIpc) is 2.95. The van der Waals surface area contributed by atoms with Gasteiger partial charge in [0.05, 0.1) is 17.6 Å². The van der Waals surface area contributed by atoms with Crippen LogP contribution in [0, 0.1) is 0 Å². The molecule has 0 aliphatic rings. The van der Waals surface area contributed by atoms with Gasteiger partial charge in [-0.3, -0.25) is 0 Å². The molecular weight excluding hydrogens is 312 g/mol. The van der Waals surface area contributed by atoms with E-state index in [0.29, 0.717) is 30.4 Å². The van der Waals surface area contributed by atoms with Crippen LogP contribution in [-0.2, 0) is 6.54 Å². The number of halogens is 1. The lowest BCUT2D eigenvalue weighted by molar-refractivity contribution is 0.157. The van der Waals surface area contributed by atoms with Gasteiger partial charge >= 0.3 is 0 Å². The van der Waals surface area contributed by atoms with Gasteiger partial charge in [-0.05, 0) is 42.8 Å². The van der Waals surface area contributed by atoms with Crippen LogP contribution in [0.2, 0.25) is 5.02 Å². The molecule has 1 aromatic heterocycles. The third-order valence-electron chi connectivity index (χ3n) is 3.77. The zero-order valence-corrected chi connectivity index (χ0v) is 13.7. The van der Waals surface area contributed by atoms with Crippen LogP contribution >= 0.6 is 11.6 Å². The standard InChI is InChI=1S/C18H19ClN2O2/c1-2-17(22)18-20-15-5-3-4-6-16(15)21(18)11-12-23-14-9-7-13(19)8-10-14/h3-10,17,22H,2,11-12H2,1H3. The summed E-state index contributed by atoms with van der Waals surface area (Å²) in [7, 11) is 0. The lowest BCUT2D eigenvalue weighted by Crippen LogP contribution is -2.13. The number of rotatable bonds is 6. The van der Waals surface area contributed by atoms with Crippen LogP contribution in [0.1, 0.15) is 25.3 Å². The number of hydrogen-bond donors (Lipinski definition) is 1. The number of imidazole rings is 1. The molecule has 2 aromatic carbocycles. The van der Waals surface area contributed by atoms with Crippen molar-refractivity contribution in [2.75, 3.05) is 6.61 Å². The lowest BCUT2D eigenvalue weighted by Gasteiger charge is -2.13. The number of para-hydroxylation sites is 2. The predicted molar refractivity (Wildman–Crippen MR) is 91.9 cm³/mol. The molecule has 0 saturated carbocycles. The quantitative estimate of drug-likeness (QED) is 0.736. The Kier molecular flexibility index (Phi) is 4.84. The summed E-state index contributed by atoms with van der Waals surface area (Å²) in [6, 6.07) is 15.2. The molecule has 4 nitrogen and oxygen atoms in total. The Balaban J connectivity index is 1.79. The minimum Gasteiger partial charge on any atom is -0.492 e. The van der Waals surface area contributed by atoms with Crippen molar-refractivity contribution in [3.63, 3.8) is 0 Å². The summed E-state index contributed by atoms with van der Waals surface area (Å²) in [5.74, 6) is 1.46. The van der Waals surface area contributed by atoms with Gasteiger partial charge in [-0.15, -0.1) is 0 Å². The summed E-state index contributed by atoms with van der Waals surface area (Å²) < 4.78 is 7.79. The van der Waals surface area contributed by atoms with Crippen molar-refractivity contribution < 1.29 is 9.84 Å². The van der Waals surface area contributed by atoms with Crippen LogP contribution in [0.4, 0.5) is 0 Å². The smallest absolute Gasteiger partial charge is 0.138 e. The topological polar surface area (TPSA) is 47.3 Å². The van der Waals surface area contributed by atoms with E-state index in [-0.39, 0.29) is 0 Å². The molecule has 5 heteroatoms. The predicted octanol–water partition coefficient (Wildman–Crippen LogP) is 4.21. The molecule has 0 saturated heterocycles. The minimum atomic E-state index is -0.571. The number of aromatic nitrogens is 2. The van der Waals surface area contributed by atoms with Gasteiger partial charge in [-0.25, -0.2) is 4.98 Å². The monoisotopic (exact) mass is 330 g/mol. The normalized spacial score (nSPS) is 12.5. The maximum atomic E-state index is 10.2. The van der Waals surface area contributed by atoms with E-state index in [2.05, 4.69) is 4.98 Å². The molecule has 0 fully saturated rings. The van der Waals surface area contributed by atoms with Gasteiger partial charge in [-0.2, -0.15) is 0 Å². The first kappa shape index (κ1) is 15.8. The van der Waals surface area contributed by atoms with Crippen LogP contribution < -0.4 is 4.74 Å². The van der Waals surface area contributed by atoms with Crippen LogP contribution in [0.25, 0.3) is 11.0 Å². The van der Waals surface area contributed by atoms with E-state index in [1.54, 1.807) is 12.1 Å². The molecule has 23 heavy (non-hydrogen) atoms. The molecule has 1 unspecified atom stereocenters. The molecule has 1 atom stereocenters. The van der Waals surface area contributed by atoms with E-state index in [4.69, 9.17) is 16.3 Å². The van der Waals surface area contributed by atoms with Crippen LogP contribution in [0.3, 0.4) is 0 Å². The molecule has 0 aliphatic heterocycles. The average molecular weight is 331 g/mol. The van der Waals surface area contributed by atoms with Gasteiger partial charge < -0.3 is 14.4 Å². The van der Waals surface area contributed by atoms with Gasteiger partial charge in [0.2, 0.25) is 0 Å². The van der Waals surface area contributed by atoms with Crippen molar-refractivity contribution in [1.29, 1.82) is 0 Å². The van der Waals surface area contributed by atoms with Gasteiger partial charge in [-0.1, -0.05) is 30.7 Å². The van der Waals surface area contributed by atoms with Gasteiger partial charge in [0, 0.05) is 5.02 Å². The van der Waals surface area contributed by atoms with E-state index < -0.39 is 6.10 Å².